The molecule has 5 heteroatoms. The minimum atomic E-state index is 0.509. The first-order valence-electron chi connectivity index (χ1n) is 7.73. The fraction of sp³-hybridized carbons (Fsp3) is 0.412. The molecular formula is C17H25N5. The monoisotopic (exact) mass is 299 g/mol. The van der Waals surface area contributed by atoms with E-state index in [9.17, 15) is 0 Å². The lowest BCUT2D eigenvalue weighted by molar-refractivity contribution is 0.658. The molecule has 0 bridgehead atoms. The highest BCUT2D eigenvalue weighted by Crippen LogP contribution is 2.05. The van der Waals surface area contributed by atoms with Gasteiger partial charge in [0.15, 0.2) is 5.96 Å². The van der Waals surface area contributed by atoms with Crippen molar-refractivity contribution in [3.8, 4) is 0 Å². The van der Waals surface area contributed by atoms with E-state index in [1.165, 1.54) is 5.56 Å². The second kappa shape index (κ2) is 8.22. The van der Waals surface area contributed by atoms with Crippen LogP contribution < -0.4 is 11.1 Å². The maximum atomic E-state index is 5.83. The lowest BCUT2D eigenvalue weighted by Gasteiger charge is -2.09. The van der Waals surface area contributed by atoms with Gasteiger partial charge in [-0.2, -0.15) is 0 Å². The van der Waals surface area contributed by atoms with Crippen LogP contribution in [0.15, 0.2) is 47.7 Å². The van der Waals surface area contributed by atoms with Crippen molar-refractivity contribution in [2.45, 2.75) is 26.8 Å². The van der Waals surface area contributed by atoms with E-state index < -0.39 is 0 Å². The number of aromatic nitrogens is 2. The number of aliphatic imine (C=N–C) groups is 1. The van der Waals surface area contributed by atoms with Crippen LogP contribution in [0.3, 0.4) is 0 Å². The largest absolute Gasteiger partial charge is 0.370 e. The molecule has 0 aliphatic carbocycles. The molecule has 0 spiro atoms. The number of imidazole rings is 1. The van der Waals surface area contributed by atoms with Crippen molar-refractivity contribution in [2.75, 3.05) is 13.1 Å². The Morgan fingerprint density at radius 1 is 1.32 bits per heavy atom. The van der Waals surface area contributed by atoms with Crippen LogP contribution in [-0.4, -0.2) is 28.6 Å². The summed E-state index contributed by atoms with van der Waals surface area (Å²) >= 11 is 0. The van der Waals surface area contributed by atoms with Crippen LogP contribution in [0.5, 0.6) is 0 Å². The molecule has 0 radical (unpaired) electrons. The molecule has 2 aromatic rings. The van der Waals surface area contributed by atoms with Gasteiger partial charge in [-0.1, -0.05) is 44.2 Å². The van der Waals surface area contributed by atoms with Crippen molar-refractivity contribution in [1.29, 1.82) is 0 Å². The van der Waals surface area contributed by atoms with Crippen molar-refractivity contribution in [1.82, 2.24) is 14.9 Å². The van der Waals surface area contributed by atoms with Gasteiger partial charge in [-0.05, 0) is 11.5 Å². The molecule has 5 nitrogen and oxygen atoms in total. The molecule has 0 aliphatic rings. The fourth-order valence-electron chi connectivity index (χ4n) is 2.13. The molecule has 0 fully saturated rings. The molecule has 118 valence electrons. The van der Waals surface area contributed by atoms with Crippen molar-refractivity contribution in [3.63, 3.8) is 0 Å². The summed E-state index contributed by atoms with van der Waals surface area (Å²) in [5, 5.41) is 3.14. The average molecular weight is 299 g/mol. The second-order valence-electron chi connectivity index (χ2n) is 5.75. The standard InChI is InChI=1S/C17H25N5/c1-14(2)12-21-17(18)20-9-8-16-19-10-11-22(16)13-15-6-4-3-5-7-15/h3-7,10-11,14H,8-9,12-13H2,1-2H3,(H3,18,20,21). The van der Waals surface area contributed by atoms with Crippen molar-refractivity contribution >= 4 is 5.96 Å². The first-order valence-corrected chi connectivity index (χ1v) is 7.73. The number of hydrogen-bond donors (Lipinski definition) is 2. The molecule has 0 saturated heterocycles. The topological polar surface area (TPSA) is 68.2 Å². The van der Waals surface area contributed by atoms with Gasteiger partial charge in [-0.25, -0.2) is 4.98 Å². The van der Waals surface area contributed by atoms with Gasteiger partial charge in [0, 0.05) is 38.4 Å². The third-order valence-corrected chi connectivity index (χ3v) is 3.28. The van der Waals surface area contributed by atoms with Gasteiger partial charge in [-0.3, -0.25) is 4.99 Å². The van der Waals surface area contributed by atoms with Crippen LogP contribution in [0.4, 0.5) is 0 Å². The molecule has 2 rings (SSSR count). The van der Waals surface area contributed by atoms with Crippen LogP contribution in [0.1, 0.15) is 25.2 Å². The molecule has 0 atom stereocenters. The van der Waals surface area contributed by atoms with Crippen LogP contribution in [0, 0.1) is 5.92 Å². The van der Waals surface area contributed by atoms with Gasteiger partial charge in [0.25, 0.3) is 0 Å². The third-order valence-electron chi connectivity index (χ3n) is 3.28. The Morgan fingerprint density at radius 3 is 2.82 bits per heavy atom. The Kier molecular flexibility index (Phi) is 6.01. The van der Waals surface area contributed by atoms with Gasteiger partial charge in [0.2, 0.25) is 0 Å². The van der Waals surface area contributed by atoms with E-state index in [1.54, 1.807) is 0 Å². The SMILES string of the molecule is CC(C)CN=C(N)NCCc1nccn1Cc1ccccc1. The van der Waals surface area contributed by atoms with Crippen LogP contribution >= 0.6 is 0 Å². The Morgan fingerprint density at radius 2 is 2.09 bits per heavy atom. The number of nitrogens with one attached hydrogen (secondary N) is 1. The number of guanidine groups is 1. The van der Waals surface area contributed by atoms with Crippen LogP contribution in [0.2, 0.25) is 0 Å². The van der Waals surface area contributed by atoms with Gasteiger partial charge >= 0.3 is 0 Å². The first-order chi connectivity index (χ1) is 10.6. The Hall–Kier alpha value is -2.30. The maximum Gasteiger partial charge on any atom is 0.188 e. The molecule has 1 aromatic carbocycles. The Labute approximate surface area is 132 Å². The predicted octanol–water partition coefficient (Wildman–Crippen LogP) is 2.03. The summed E-state index contributed by atoms with van der Waals surface area (Å²) in [5.74, 6) is 2.08. The smallest absolute Gasteiger partial charge is 0.188 e. The second-order valence-corrected chi connectivity index (χ2v) is 5.75. The fourth-order valence-corrected chi connectivity index (χ4v) is 2.13. The number of benzene rings is 1. The summed E-state index contributed by atoms with van der Waals surface area (Å²) in [5.41, 5.74) is 7.11. The summed E-state index contributed by atoms with van der Waals surface area (Å²) in [6.45, 7) is 6.57. The van der Waals surface area contributed by atoms with E-state index in [-0.39, 0.29) is 0 Å². The van der Waals surface area contributed by atoms with Gasteiger partial charge in [-0.15, -0.1) is 0 Å². The molecule has 22 heavy (non-hydrogen) atoms. The van der Waals surface area contributed by atoms with E-state index in [0.717, 1.165) is 31.9 Å². The van der Waals surface area contributed by atoms with Gasteiger partial charge in [0.05, 0.1) is 0 Å². The molecule has 0 unspecified atom stereocenters. The van der Waals surface area contributed by atoms with Crippen molar-refractivity contribution in [3.05, 3.63) is 54.1 Å². The van der Waals surface area contributed by atoms with E-state index in [1.807, 2.05) is 18.5 Å². The van der Waals surface area contributed by atoms with Crippen LogP contribution in [-0.2, 0) is 13.0 Å². The Balaban J connectivity index is 1.84. The van der Waals surface area contributed by atoms with Gasteiger partial charge < -0.3 is 15.6 Å². The van der Waals surface area contributed by atoms with E-state index >= 15 is 0 Å². The number of nitrogens with zero attached hydrogens (tertiary/aromatic N) is 3. The molecule has 1 heterocycles. The highest BCUT2D eigenvalue weighted by molar-refractivity contribution is 5.77. The highest BCUT2D eigenvalue weighted by atomic mass is 15.1. The summed E-state index contributed by atoms with van der Waals surface area (Å²) in [4.78, 5) is 8.71. The minimum Gasteiger partial charge on any atom is -0.370 e. The summed E-state index contributed by atoms with van der Waals surface area (Å²) in [7, 11) is 0. The molecule has 0 saturated carbocycles. The lowest BCUT2D eigenvalue weighted by atomic mass is 10.2. The summed E-state index contributed by atoms with van der Waals surface area (Å²) in [6.07, 6.45) is 4.67. The molecule has 1 aromatic heterocycles. The van der Waals surface area contributed by atoms with E-state index in [4.69, 9.17) is 5.73 Å². The molecule has 0 aliphatic heterocycles. The number of hydrogen-bond acceptors (Lipinski definition) is 2. The van der Waals surface area contributed by atoms with Gasteiger partial charge in [0.1, 0.15) is 5.82 Å². The third kappa shape index (κ3) is 5.24. The number of nitrogens with two attached hydrogens (primary N) is 1. The molecule has 0 amide bonds. The highest BCUT2D eigenvalue weighted by Gasteiger charge is 2.03. The number of rotatable bonds is 7. The van der Waals surface area contributed by atoms with E-state index in [2.05, 4.69) is 58.0 Å². The zero-order valence-corrected chi connectivity index (χ0v) is 13.4. The zero-order chi connectivity index (χ0) is 15.8. The lowest BCUT2D eigenvalue weighted by Crippen LogP contribution is -2.34. The van der Waals surface area contributed by atoms with Crippen molar-refractivity contribution < 1.29 is 0 Å². The van der Waals surface area contributed by atoms with E-state index in [0.29, 0.717) is 11.9 Å². The van der Waals surface area contributed by atoms with Crippen molar-refractivity contribution in [2.24, 2.45) is 16.6 Å². The predicted molar refractivity (Wildman–Crippen MR) is 90.8 cm³/mol. The molecular weight excluding hydrogens is 274 g/mol. The Bertz CT molecular complexity index is 586. The zero-order valence-electron chi connectivity index (χ0n) is 13.4. The first kappa shape index (κ1) is 16.1. The normalized spacial score (nSPS) is 11.9. The average Bonchev–Trinajstić information content (AvgIpc) is 2.93. The molecule has 3 N–H and O–H groups in total. The quantitative estimate of drug-likeness (QED) is 0.607. The maximum absolute atomic E-state index is 5.83. The minimum absolute atomic E-state index is 0.509. The summed E-state index contributed by atoms with van der Waals surface area (Å²) < 4.78 is 2.17. The summed E-state index contributed by atoms with van der Waals surface area (Å²) in [6, 6.07) is 10.4. The van der Waals surface area contributed by atoms with Crippen LogP contribution in [0.25, 0.3) is 0 Å².